The third kappa shape index (κ3) is 2.99. The van der Waals surface area contributed by atoms with Gasteiger partial charge in [0, 0.05) is 0 Å². The smallest absolute Gasteiger partial charge is 0.323 e. The number of nitrogens with zero attached hydrogens (tertiary/aromatic N) is 2. The molecule has 1 aromatic carbocycles. The Bertz CT molecular complexity index is 644. The highest BCUT2D eigenvalue weighted by Crippen LogP contribution is 2.21. The van der Waals surface area contributed by atoms with E-state index in [0.717, 1.165) is 22.2 Å². The maximum atomic E-state index is 11.1. The van der Waals surface area contributed by atoms with Crippen molar-refractivity contribution in [2.75, 3.05) is 0 Å². The van der Waals surface area contributed by atoms with Gasteiger partial charge in [-0.25, -0.2) is 4.98 Å². The molecular formula is C15H20N2O3. The Morgan fingerprint density at radius 3 is 2.60 bits per heavy atom. The van der Waals surface area contributed by atoms with Crippen LogP contribution in [-0.4, -0.2) is 26.7 Å². The first-order valence-corrected chi connectivity index (χ1v) is 6.68. The standard InChI is InChI=1S/C15H20N2O3/c1-9(2)20-8-14-16-12-5-10(3)11(4)6-13(12)17(14)7-15(18)19/h5-6,9H,7-8H2,1-4H3,(H,18,19). The maximum Gasteiger partial charge on any atom is 0.323 e. The molecule has 0 aliphatic carbocycles. The van der Waals surface area contributed by atoms with Crippen LogP contribution < -0.4 is 0 Å². The number of aryl methyl sites for hydroxylation is 2. The second kappa shape index (κ2) is 5.63. The van der Waals surface area contributed by atoms with Crippen LogP contribution in [-0.2, 0) is 22.7 Å². The van der Waals surface area contributed by atoms with E-state index >= 15 is 0 Å². The molecule has 5 heteroatoms. The molecule has 108 valence electrons. The van der Waals surface area contributed by atoms with Crippen LogP contribution in [0.1, 0.15) is 30.8 Å². The summed E-state index contributed by atoms with van der Waals surface area (Å²) in [5.41, 5.74) is 3.93. The van der Waals surface area contributed by atoms with E-state index in [1.807, 2.05) is 39.8 Å². The highest BCUT2D eigenvalue weighted by atomic mass is 16.5. The van der Waals surface area contributed by atoms with E-state index in [9.17, 15) is 4.79 Å². The lowest BCUT2D eigenvalue weighted by molar-refractivity contribution is -0.137. The largest absolute Gasteiger partial charge is 0.480 e. The van der Waals surface area contributed by atoms with E-state index in [0.29, 0.717) is 12.4 Å². The molecule has 0 atom stereocenters. The van der Waals surface area contributed by atoms with Gasteiger partial charge < -0.3 is 14.4 Å². The molecule has 0 radical (unpaired) electrons. The van der Waals surface area contributed by atoms with E-state index in [4.69, 9.17) is 9.84 Å². The zero-order valence-electron chi connectivity index (χ0n) is 12.3. The highest BCUT2D eigenvalue weighted by molar-refractivity contribution is 5.80. The van der Waals surface area contributed by atoms with Crippen LogP contribution in [0, 0.1) is 13.8 Å². The number of imidazole rings is 1. The SMILES string of the molecule is Cc1cc2nc(COC(C)C)n(CC(=O)O)c2cc1C. The predicted octanol–water partition coefficient (Wildman–Crippen LogP) is 2.66. The van der Waals surface area contributed by atoms with Crippen molar-refractivity contribution in [3.63, 3.8) is 0 Å². The zero-order valence-corrected chi connectivity index (χ0v) is 12.3. The molecule has 1 N–H and O–H groups in total. The first-order valence-electron chi connectivity index (χ1n) is 6.68. The highest BCUT2D eigenvalue weighted by Gasteiger charge is 2.14. The molecule has 20 heavy (non-hydrogen) atoms. The number of aromatic nitrogens is 2. The van der Waals surface area contributed by atoms with Crippen LogP contribution in [0.3, 0.4) is 0 Å². The van der Waals surface area contributed by atoms with E-state index in [1.54, 1.807) is 4.57 Å². The fraction of sp³-hybridized carbons (Fsp3) is 0.467. The summed E-state index contributed by atoms with van der Waals surface area (Å²) in [5, 5.41) is 9.08. The number of carbonyl (C=O) groups is 1. The second-order valence-corrected chi connectivity index (χ2v) is 5.29. The Labute approximate surface area is 118 Å². The summed E-state index contributed by atoms with van der Waals surface area (Å²) in [6, 6.07) is 3.97. The van der Waals surface area contributed by atoms with Crippen molar-refractivity contribution >= 4 is 17.0 Å². The van der Waals surface area contributed by atoms with Crippen LogP contribution in [0.25, 0.3) is 11.0 Å². The average Bonchev–Trinajstić information content (AvgIpc) is 2.65. The van der Waals surface area contributed by atoms with E-state index in [-0.39, 0.29) is 12.6 Å². The van der Waals surface area contributed by atoms with Crippen LogP contribution in [0.15, 0.2) is 12.1 Å². The third-order valence-electron chi connectivity index (χ3n) is 3.28. The summed E-state index contributed by atoms with van der Waals surface area (Å²) >= 11 is 0. The minimum Gasteiger partial charge on any atom is -0.480 e. The van der Waals surface area contributed by atoms with Crippen molar-refractivity contribution < 1.29 is 14.6 Å². The number of benzene rings is 1. The summed E-state index contributed by atoms with van der Waals surface area (Å²) in [4.78, 5) is 15.6. The van der Waals surface area contributed by atoms with Crippen molar-refractivity contribution in [1.82, 2.24) is 9.55 Å². The number of carboxylic acids is 1. The molecule has 0 saturated heterocycles. The van der Waals surface area contributed by atoms with Crippen LogP contribution in [0.4, 0.5) is 0 Å². The van der Waals surface area contributed by atoms with Gasteiger partial charge >= 0.3 is 5.97 Å². The maximum absolute atomic E-state index is 11.1. The van der Waals surface area contributed by atoms with Crippen LogP contribution in [0.2, 0.25) is 0 Å². The molecule has 0 aliphatic rings. The Balaban J connectivity index is 2.51. The molecule has 2 rings (SSSR count). The van der Waals surface area contributed by atoms with E-state index < -0.39 is 5.97 Å². The molecule has 1 aromatic heterocycles. The van der Waals surface area contributed by atoms with Gasteiger partial charge in [0.25, 0.3) is 0 Å². The summed E-state index contributed by atoms with van der Waals surface area (Å²) in [5.74, 6) is -0.227. The van der Waals surface area contributed by atoms with Crippen LogP contribution in [0.5, 0.6) is 0 Å². The predicted molar refractivity (Wildman–Crippen MR) is 76.8 cm³/mol. The fourth-order valence-electron chi connectivity index (χ4n) is 2.09. The first-order chi connectivity index (χ1) is 9.38. The summed E-state index contributed by atoms with van der Waals surface area (Å²) < 4.78 is 7.28. The molecule has 0 spiro atoms. The summed E-state index contributed by atoms with van der Waals surface area (Å²) in [7, 11) is 0. The Morgan fingerprint density at radius 2 is 2.00 bits per heavy atom. The van der Waals surface area contributed by atoms with Crippen molar-refractivity contribution in [1.29, 1.82) is 0 Å². The normalized spacial score (nSPS) is 11.4. The number of ether oxygens (including phenoxy) is 1. The third-order valence-corrected chi connectivity index (χ3v) is 3.28. The number of fused-ring (bicyclic) bond motifs is 1. The van der Waals surface area contributed by atoms with Crippen LogP contribution >= 0.6 is 0 Å². The number of hydrogen-bond donors (Lipinski definition) is 1. The molecule has 0 unspecified atom stereocenters. The van der Waals surface area contributed by atoms with Gasteiger partial charge in [0.15, 0.2) is 0 Å². The summed E-state index contributed by atoms with van der Waals surface area (Å²) in [6.45, 7) is 8.14. The Hall–Kier alpha value is -1.88. The molecule has 0 amide bonds. The average molecular weight is 276 g/mol. The number of aliphatic carboxylic acids is 1. The summed E-state index contributed by atoms with van der Waals surface area (Å²) in [6.07, 6.45) is 0.0802. The molecular weight excluding hydrogens is 256 g/mol. The lowest BCUT2D eigenvalue weighted by atomic mass is 10.1. The van der Waals surface area contributed by atoms with Crippen molar-refractivity contribution in [2.45, 2.75) is 47.0 Å². The molecule has 2 aromatic rings. The quantitative estimate of drug-likeness (QED) is 0.911. The van der Waals surface area contributed by atoms with Gasteiger partial charge in [0.2, 0.25) is 0 Å². The molecule has 0 saturated carbocycles. The Kier molecular flexibility index (Phi) is 4.09. The van der Waals surface area contributed by atoms with Crippen molar-refractivity contribution in [2.24, 2.45) is 0 Å². The van der Waals surface area contributed by atoms with Gasteiger partial charge in [-0.15, -0.1) is 0 Å². The lowest BCUT2D eigenvalue weighted by Crippen LogP contribution is -2.14. The van der Waals surface area contributed by atoms with Gasteiger partial charge in [0.05, 0.1) is 17.1 Å². The second-order valence-electron chi connectivity index (χ2n) is 5.29. The van der Waals surface area contributed by atoms with Gasteiger partial charge in [-0.05, 0) is 51.0 Å². The van der Waals surface area contributed by atoms with E-state index in [2.05, 4.69) is 4.98 Å². The molecule has 5 nitrogen and oxygen atoms in total. The fourth-order valence-corrected chi connectivity index (χ4v) is 2.09. The molecule has 0 bridgehead atoms. The molecule has 0 fully saturated rings. The van der Waals surface area contributed by atoms with Gasteiger partial charge in [-0.3, -0.25) is 4.79 Å². The van der Waals surface area contributed by atoms with E-state index in [1.165, 1.54) is 0 Å². The minimum absolute atomic E-state index is 0.0802. The lowest BCUT2D eigenvalue weighted by Gasteiger charge is -2.09. The topological polar surface area (TPSA) is 64.4 Å². The van der Waals surface area contributed by atoms with Crippen molar-refractivity contribution in [3.05, 3.63) is 29.1 Å². The number of carboxylic acid groups (broad SMARTS) is 1. The molecule has 1 heterocycles. The minimum atomic E-state index is -0.881. The molecule has 0 aliphatic heterocycles. The van der Waals surface area contributed by atoms with Gasteiger partial charge in [0.1, 0.15) is 19.0 Å². The van der Waals surface area contributed by atoms with Gasteiger partial charge in [-0.1, -0.05) is 0 Å². The first kappa shape index (κ1) is 14.5. The number of rotatable bonds is 5. The monoisotopic (exact) mass is 276 g/mol. The zero-order chi connectivity index (χ0) is 14.9. The van der Waals surface area contributed by atoms with Gasteiger partial charge in [-0.2, -0.15) is 0 Å². The number of hydrogen-bond acceptors (Lipinski definition) is 3. The Morgan fingerprint density at radius 1 is 1.35 bits per heavy atom. The van der Waals surface area contributed by atoms with Crippen molar-refractivity contribution in [3.8, 4) is 0 Å².